The summed E-state index contributed by atoms with van der Waals surface area (Å²) in [7, 11) is 0. The number of fused-ring (bicyclic) bond motifs is 3. The molecule has 0 N–H and O–H groups in total. The summed E-state index contributed by atoms with van der Waals surface area (Å²) >= 11 is -3.19. The first-order chi connectivity index (χ1) is 22.9. The van der Waals surface area contributed by atoms with Crippen LogP contribution in [0.4, 0.5) is 0 Å². The zero-order valence-electron chi connectivity index (χ0n) is 29.9. The monoisotopic (exact) mass is 792 g/mol. The molecule has 0 saturated carbocycles. The number of hydrogen-bond acceptors (Lipinski definition) is 0. The third kappa shape index (κ3) is 6.16. The zero-order valence-corrected chi connectivity index (χ0v) is 33.4. The molecule has 5 aromatic rings. The van der Waals surface area contributed by atoms with Crippen molar-refractivity contribution in [1.82, 2.24) is 0 Å². The molecule has 2 aliphatic carbocycles. The van der Waals surface area contributed by atoms with Gasteiger partial charge in [0.15, 0.2) is 0 Å². The number of hydrogen-bond donors (Lipinski definition) is 0. The summed E-state index contributed by atoms with van der Waals surface area (Å²) in [5.74, 6) is 0. The Kier molecular flexibility index (Phi) is 8.66. The SMILES string of the molecule is Cc1cc(C)cc(C2=CC=C[CH]2[Hf](=[C](c2ccccc2)c2ccccc2)[CH]2c3cc(C(C)(C)C)ccc3-c3ccc(C(C)(C)C)cc32)c1. The van der Waals surface area contributed by atoms with E-state index < -0.39 is 21.0 Å². The summed E-state index contributed by atoms with van der Waals surface area (Å²) in [6, 6.07) is 44.8. The quantitative estimate of drug-likeness (QED) is 0.156. The third-order valence-electron chi connectivity index (χ3n) is 10.3. The van der Waals surface area contributed by atoms with Gasteiger partial charge in [-0.2, -0.15) is 0 Å². The van der Waals surface area contributed by atoms with Gasteiger partial charge in [-0.05, 0) is 0 Å². The first kappa shape index (κ1) is 32.8. The van der Waals surface area contributed by atoms with Gasteiger partial charge < -0.3 is 0 Å². The van der Waals surface area contributed by atoms with E-state index in [1.54, 1.807) is 14.4 Å². The van der Waals surface area contributed by atoms with E-state index in [1.165, 1.54) is 55.6 Å². The van der Waals surface area contributed by atoms with Crippen LogP contribution in [0.2, 0.25) is 3.67 Å². The van der Waals surface area contributed by atoms with Crippen molar-refractivity contribution < 1.29 is 21.0 Å². The number of rotatable bonds is 5. The van der Waals surface area contributed by atoms with Crippen LogP contribution in [0.1, 0.15) is 95.3 Å². The molecule has 0 aliphatic heterocycles. The van der Waals surface area contributed by atoms with E-state index in [0.29, 0.717) is 7.35 Å². The predicted molar refractivity (Wildman–Crippen MR) is 204 cm³/mol. The summed E-state index contributed by atoms with van der Waals surface area (Å²) < 4.78 is 2.40. The normalized spacial score (nSPS) is 15.7. The Bertz CT molecular complexity index is 1970. The van der Waals surface area contributed by atoms with E-state index in [2.05, 4.69) is 189 Å². The summed E-state index contributed by atoms with van der Waals surface area (Å²) in [6.45, 7) is 18.6. The molecule has 240 valence electrons. The Balaban J connectivity index is 1.61. The number of aryl methyl sites for hydroxylation is 2. The van der Waals surface area contributed by atoms with Crippen molar-refractivity contribution in [2.24, 2.45) is 0 Å². The minimum absolute atomic E-state index is 0.0685. The van der Waals surface area contributed by atoms with Crippen molar-refractivity contribution in [3.8, 4) is 11.1 Å². The molecule has 0 saturated heterocycles. The van der Waals surface area contributed by atoms with Gasteiger partial charge >= 0.3 is 298 Å². The fourth-order valence-corrected chi connectivity index (χ4v) is 22.3. The molecule has 5 aromatic carbocycles. The van der Waals surface area contributed by atoms with Gasteiger partial charge in [0.25, 0.3) is 0 Å². The van der Waals surface area contributed by atoms with Crippen molar-refractivity contribution in [3.05, 3.63) is 184 Å². The average Bonchev–Trinajstić information content (AvgIpc) is 3.66. The fourth-order valence-electron chi connectivity index (χ4n) is 7.88. The predicted octanol–water partition coefficient (Wildman–Crippen LogP) is 12.3. The topological polar surface area (TPSA) is 0 Å². The third-order valence-corrected chi connectivity index (χ3v) is 23.1. The number of allylic oxidation sites excluding steroid dienone is 4. The van der Waals surface area contributed by atoms with Gasteiger partial charge in [-0.3, -0.25) is 0 Å². The van der Waals surface area contributed by atoms with Crippen LogP contribution in [0.3, 0.4) is 0 Å². The Labute approximate surface area is 296 Å². The second-order valence-corrected chi connectivity index (χ2v) is 25.3. The first-order valence-electron chi connectivity index (χ1n) is 17.5. The summed E-state index contributed by atoms with van der Waals surface area (Å²) in [4.78, 5) is 0. The van der Waals surface area contributed by atoms with Gasteiger partial charge in [0.2, 0.25) is 0 Å². The van der Waals surface area contributed by atoms with Crippen LogP contribution in [0.25, 0.3) is 16.7 Å². The molecule has 2 aliphatic rings. The van der Waals surface area contributed by atoms with Crippen LogP contribution in [0.15, 0.2) is 133 Å². The molecule has 1 atom stereocenters. The van der Waals surface area contributed by atoms with Crippen molar-refractivity contribution in [2.75, 3.05) is 0 Å². The molecule has 1 heteroatoms. The van der Waals surface area contributed by atoms with Crippen LogP contribution >= 0.6 is 0 Å². The van der Waals surface area contributed by atoms with E-state index in [9.17, 15) is 0 Å². The van der Waals surface area contributed by atoms with Gasteiger partial charge in [0.05, 0.1) is 0 Å². The van der Waals surface area contributed by atoms with E-state index >= 15 is 0 Å². The Morgan fingerprint density at radius 2 is 1.04 bits per heavy atom. The molecule has 0 spiro atoms. The molecule has 0 nitrogen and oxygen atoms in total. The Morgan fingerprint density at radius 1 is 0.562 bits per heavy atom. The van der Waals surface area contributed by atoms with Gasteiger partial charge in [-0.25, -0.2) is 0 Å². The molecule has 1 unspecified atom stereocenters. The van der Waals surface area contributed by atoms with E-state index in [4.69, 9.17) is 0 Å². The summed E-state index contributed by atoms with van der Waals surface area (Å²) in [5, 5.41) is 0. The Hall–Kier alpha value is -3.68. The molecule has 0 aromatic heterocycles. The van der Waals surface area contributed by atoms with Gasteiger partial charge in [0, 0.05) is 0 Å². The van der Waals surface area contributed by atoms with Crippen LogP contribution < -0.4 is 0 Å². The fraction of sp³-hybridized carbons (Fsp3) is 0.255. The maximum absolute atomic E-state index is 3.19. The molecular weight excluding hydrogens is 743 g/mol. The summed E-state index contributed by atoms with van der Waals surface area (Å²) in [5.41, 5.74) is 17.3. The standard InChI is InChI=1S/C21H25.C13H13.C13H10.Hf/c1-20(2,3)16-7-9-18-14(12-16)11-15-13-17(21(4,5)6)8-10-19(15)18;1-10-7-11(2)9-13(8-10)12-5-3-4-6-12;1-3-7-12(8-4-1)11-13-9-5-2-6-10-13;/h7-13H,1-6H3;3-9H,1-2H3;1-10H;. The second kappa shape index (κ2) is 12.6. The molecular formula is C47H48Hf. The summed E-state index contributed by atoms with van der Waals surface area (Å²) in [6.07, 6.45) is 7.38. The molecule has 0 heterocycles. The van der Waals surface area contributed by atoms with Crippen molar-refractivity contribution in [2.45, 2.75) is 73.6 Å². The maximum atomic E-state index is 2.61. The molecule has 0 amide bonds. The van der Waals surface area contributed by atoms with Gasteiger partial charge in [0.1, 0.15) is 0 Å². The van der Waals surface area contributed by atoms with E-state index in [-0.39, 0.29) is 10.8 Å². The molecule has 0 bridgehead atoms. The first-order valence-corrected chi connectivity index (χ1v) is 23.5. The van der Waals surface area contributed by atoms with Crippen LogP contribution in [0, 0.1) is 13.8 Å². The molecule has 0 fully saturated rings. The number of benzene rings is 5. The molecule has 0 radical (unpaired) electrons. The van der Waals surface area contributed by atoms with Crippen molar-refractivity contribution in [3.63, 3.8) is 0 Å². The van der Waals surface area contributed by atoms with E-state index in [0.717, 1.165) is 0 Å². The second-order valence-electron chi connectivity index (χ2n) is 16.0. The van der Waals surface area contributed by atoms with Crippen LogP contribution in [0.5, 0.6) is 0 Å². The molecule has 48 heavy (non-hydrogen) atoms. The van der Waals surface area contributed by atoms with Gasteiger partial charge in [-0.1, -0.05) is 0 Å². The van der Waals surface area contributed by atoms with Gasteiger partial charge in [-0.15, -0.1) is 0 Å². The van der Waals surface area contributed by atoms with Crippen molar-refractivity contribution >= 4 is 8.83 Å². The minimum atomic E-state index is -3.19. The molecule has 7 rings (SSSR count). The van der Waals surface area contributed by atoms with Crippen LogP contribution in [-0.2, 0) is 31.8 Å². The van der Waals surface area contributed by atoms with E-state index in [1.807, 2.05) is 0 Å². The zero-order chi connectivity index (χ0) is 33.8. The van der Waals surface area contributed by atoms with Crippen molar-refractivity contribution in [1.29, 1.82) is 0 Å². The van der Waals surface area contributed by atoms with Crippen LogP contribution in [-0.4, -0.2) is 3.26 Å². The average molecular weight is 791 g/mol. The Morgan fingerprint density at radius 3 is 1.50 bits per heavy atom.